The van der Waals surface area contributed by atoms with Crippen molar-refractivity contribution in [3.05, 3.63) is 49.9 Å². The summed E-state index contributed by atoms with van der Waals surface area (Å²) in [5.74, 6) is -0.470. The van der Waals surface area contributed by atoms with E-state index in [9.17, 15) is 9.18 Å². The van der Waals surface area contributed by atoms with Crippen LogP contribution in [0.1, 0.15) is 28.4 Å². The molecule has 2 nitrogen and oxygen atoms in total. The van der Waals surface area contributed by atoms with Crippen LogP contribution in [-0.4, -0.2) is 12.8 Å². The molecule has 0 N–H and O–H groups in total. The monoisotopic (exact) mass is 355 g/mol. The maximum absolute atomic E-state index is 13.6. The fraction of sp³-hybridized carbons (Fsp3) is 0.267. The molecule has 106 valence electrons. The average Bonchev–Trinajstić information content (AvgIpc) is 2.77. The lowest BCUT2D eigenvalue weighted by molar-refractivity contribution is 0.101. The molecule has 0 saturated carbocycles. The number of anilines is 1. The van der Waals surface area contributed by atoms with E-state index in [1.807, 2.05) is 18.0 Å². The van der Waals surface area contributed by atoms with E-state index in [-0.39, 0.29) is 11.6 Å². The number of rotatable bonds is 4. The molecule has 0 aliphatic rings. The summed E-state index contributed by atoms with van der Waals surface area (Å²) in [6.07, 6.45) is 0. The number of hydrogen-bond donors (Lipinski definition) is 0. The first kappa shape index (κ1) is 15.2. The lowest BCUT2D eigenvalue weighted by atomic mass is 10.0. The SMILES string of the molecule is CC(=O)c1cc(F)c(C)cc1N(C)Cc1csc(Br)c1. The van der Waals surface area contributed by atoms with Crippen LogP contribution >= 0.6 is 27.3 Å². The lowest BCUT2D eigenvalue weighted by Crippen LogP contribution is -2.19. The van der Waals surface area contributed by atoms with Crippen LogP contribution in [0.5, 0.6) is 0 Å². The number of carbonyl (C=O) groups excluding carboxylic acids is 1. The zero-order chi connectivity index (χ0) is 14.9. The van der Waals surface area contributed by atoms with E-state index in [0.29, 0.717) is 17.7 Å². The Hall–Kier alpha value is -1.20. The Morgan fingerprint density at radius 2 is 2.10 bits per heavy atom. The molecular weight excluding hydrogens is 341 g/mol. The number of hydrogen-bond acceptors (Lipinski definition) is 3. The van der Waals surface area contributed by atoms with Crippen LogP contribution in [0.3, 0.4) is 0 Å². The highest BCUT2D eigenvalue weighted by Gasteiger charge is 2.15. The maximum atomic E-state index is 13.6. The van der Waals surface area contributed by atoms with Gasteiger partial charge >= 0.3 is 0 Å². The summed E-state index contributed by atoms with van der Waals surface area (Å²) < 4.78 is 14.7. The summed E-state index contributed by atoms with van der Waals surface area (Å²) in [4.78, 5) is 13.7. The summed E-state index contributed by atoms with van der Waals surface area (Å²) in [6.45, 7) is 3.84. The number of nitrogens with zero attached hydrogens (tertiary/aromatic N) is 1. The molecule has 1 aromatic heterocycles. The van der Waals surface area contributed by atoms with Gasteiger partial charge in [-0.15, -0.1) is 11.3 Å². The zero-order valence-electron chi connectivity index (χ0n) is 11.5. The van der Waals surface area contributed by atoms with Crippen LogP contribution < -0.4 is 4.90 Å². The van der Waals surface area contributed by atoms with Crippen LogP contribution in [0, 0.1) is 12.7 Å². The fourth-order valence-corrected chi connectivity index (χ4v) is 3.25. The van der Waals surface area contributed by atoms with Crippen molar-refractivity contribution >= 4 is 38.7 Å². The molecule has 0 unspecified atom stereocenters. The van der Waals surface area contributed by atoms with Crippen molar-refractivity contribution in [3.63, 3.8) is 0 Å². The van der Waals surface area contributed by atoms with Gasteiger partial charge in [-0.1, -0.05) is 0 Å². The minimum atomic E-state index is -0.342. The van der Waals surface area contributed by atoms with Crippen molar-refractivity contribution in [2.24, 2.45) is 0 Å². The van der Waals surface area contributed by atoms with Gasteiger partial charge in [0.05, 0.1) is 3.79 Å². The second kappa shape index (κ2) is 6.06. The zero-order valence-corrected chi connectivity index (χ0v) is 13.9. The summed E-state index contributed by atoms with van der Waals surface area (Å²) >= 11 is 5.05. The van der Waals surface area contributed by atoms with Crippen molar-refractivity contribution in [2.75, 3.05) is 11.9 Å². The molecule has 20 heavy (non-hydrogen) atoms. The molecular formula is C15H15BrFNOS. The number of thiophene rings is 1. The minimum Gasteiger partial charge on any atom is -0.370 e. The fourth-order valence-electron chi connectivity index (χ4n) is 2.05. The second-order valence-corrected chi connectivity index (χ2v) is 7.08. The predicted molar refractivity (Wildman–Crippen MR) is 85.3 cm³/mol. The Balaban J connectivity index is 2.35. The Morgan fingerprint density at radius 3 is 2.65 bits per heavy atom. The van der Waals surface area contributed by atoms with Gasteiger partial charge < -0.3 is 4.90 Å². The topological polar surface area (TPSA) is 20.3 Å². The van der Waals surface area contributed by atoms with E-state index in [2.05, 4.69) is 21.3 Å². The first-order valence-electron chi connectivity index (χ1n) is 6.13. The normalized spacial score (nSPS) is 10.7. The third kappa shape index (κ3) is 3.27. The molecule has 0 saturated heterocycles. The second-order valence-electron chi connectivity index (χ2n) is 4.79. The number of aryl methyl sites for hydroxylation is 1. The molecule has 1 heterocycles. The highest BCUT2D eigenvalue weighted by Crippen LogP contribution is 2.27. The Bertz CT molecular complexity index is 653. The van der Waals surface area contributed by atoms with Gasteiger partial charge in [0.2, 0.25) is 0 Å². The number of ketones is 1. The minimum absolute atomic E-state index is 0.128. The van der Waals surface area contributed by atoms with Crippen molar-refractivity contribution in [3.8, 4) is 0 Å². The number of benzene rings is 1. The quantitative estimate of drug-likeness (QED) is 0.734. The average molecular weight is 356 g/mol. The molecule has 2 rings (SSSR count). The third-order valence-electron chi connectivity index (χ3n) is 3.11. The van der Waals surface area contributed by atoms with Crippen molar-refractivity contribution in [2.45, 2.75) is 20.4 Å². The van der Waals surface area contributed by atoms with E-state index < -0.39 is 0 Å². The van der Waals surface area contributed by atoms with E-state index in [0.717, 1.165) is 15.0 Å². The number of Topliss-reactive ketones (excluding diaryl/α,β-unsaturated/α-hetero) is 1. The van der Waals surface area contributed by atoms with Crippen molar-refractivity contribution in [1.82, 2.24) is 0 Å². The van der Waals surface area contributed by atoms with Gasteiger partial charge in [0.15, 0.2) is 5.78 Å². The third-order valence-corrected chi connectivity index (χ3v) is 4.66. The van der Waals surface area contributed by atoms with Gasteiger partial charge in [-0.3, -0.25) is 4.79 Å². The molecule has 0 amide bonds. The van der Waals surface area contributed by atoms with Gasteiger partial charge in [-0.25, -0.2) is 4.39 Å². The largest absolute Gasteiger partial charge is 0.370 e. The molecule has 0 radical (unpaired) electrons. The molecule has 0 bridgehead atoms. The van der Waals surface area contributed by atoms with Crippen LogP contribution in [0.15, 0.2) is 27.4 Å². The highest BCUT2D eigenvalue weighted by molar-refractivity contribution is 9.11. The summed E-state index contributed by atoms with van der Waals surface area (Å²) in [5, 5.41) is 2.06. The van der Waals surface area contributed by atoms with E-state index in [4.69, 9.17) is 0 Å². The van der Waals surface area contributed by atoms with Gasteiger partial charge in [-0.2, -0.15) is 0 Å². The van der Waals surface area contributed by atoms with E-state index in [1.165, 1.54) is 13.0 Å². The molecule has 5 heteroatoms. The van der Waals surface area contributed by atoms with Crippen LogP contribution in [0.25, 0.3) is 0 Å². The first-order chi connectivity index (χ1) is 9.38. The van der Waals surface area contributed by atoms with Crippen molar-refractivity contribution < 1.29 is 9.18 Å². The lowest BCUT2D eigenvalue weighted by Gasteiger charge is -2.22. The Morgan fingerprint density at radius 1 is 1.40 bits per heavy atom. The standard InChI is InChI=1S/C15H15BrFNOS/c1-9-4-14(12(10(2)19)6-13(9)17)18(3)7-11-5-15(16)20-8-11/h4-6,8H,7H2,1-3H3. The number of halogens is 2. The summed E-state index contributed by atoms with van der Waals surface area (Å²) in [6, 6.07) is 5.10. The van der Waals surface area contributed by atoms with Gasteiger partial charge in [0.1, 0.15) is 5.82 Å². The van der Waals surface area contributed by atoms with Crippen LogP contribution in [0.4, 0.5) is 10.1 Å². The van der Waals surface area contributed by atoms with Crippen LogP contribution in [0.2, 0.25) is 0 Å². The molecule has 0 aliphatic heterocycles. The van der Waals surface area contributed by atoms with Gasteiger partial charge in [0.25, 0.3) is 0 Å². The van der Waals surface area contributed by atoms with E-state index >= 15 is 0 Å². The summed E-state index contributed by atoms with van der Waals surface area (Å²) in [5.41, 5.74) is 2.88. The Labute approximate surface area is 130 Å². The molecule has 0 spiro atoms. The van der Waals surface area contributed by atoms with E-state index in [1.54, 1.807) is 24.3 Å². The predicted octanol–water partition coefficient (Wildman–Crippen LogP) is 4.80. The molecule has 0 fully saturated rings. The number of carbonyl (C=O) groups is 1. The van der Waals surface area contributed by atoms with Gasteiger partial charge in [-0.05, 0) is 64.5 Å². The molecule has 2 aromatic rings. The Kier molecular flexibility index (Phi) is 4.60. The molecule has 0 aliphatic carbocycles. The maximum Gasteiger partial charge on any atom is 0.161 e. The molecule has 0 atom stereocenters. The highest BCUT2D eigenvalue weighted by atomic mass is 79.9. The summed E-state index contributed by atoms with van der Waals surface area (Å²) in [7, 11) is 1.91. The molecule has 1 aromatic carbocycles. The first-order valence-corrected chi connectivity index (χ1v) is 7.81. The van der Waals surface area contributed by atoms with Crippen molar-refractivity contribution in [1.29, 1.82) is 0 Å². The van der Waals surface area contributed by atoms with Gasteiger partial charge in [0, 0.05) is 24.8 Å². The smallest absolute Gasteiger partial charge is 0.161 e. The van der Waals surface area contributed by atoms with Crippen LogP contribution in [-0.2, 0) is 6.54 Å².